The molecule has 0 aromatic heterocycles. The van der Waals surface area contributed by atoms with Gasteiger partial charge in [-0.15, -0.1) is 0 Å². The van der Waals surface area contributed by atoms with Crippen molar-refractivity contribution >= 4 is 5.69 Å². The maximum absolute atomic E-state index is 5.22. The average Bonchev–Trinajstić information content (AvgIpc) is 3.01. The first kappa shape index (κ1) is 13.7. The van der Waals surface area contributed by atoms with Crippen molar-refractivity contribution in [3.8, 4) is 5.75 Å². The van der Waals surface area contributed by atoms with Crippen LogP contribution in [0, 0.1) is 0 Å². The Morgan fingerprint density at radius 3 is 2.15 bits per heavy atom. The average molecular weight is 274 g/mol. The number of rotatable bonds is 4. The lowest BCUT2D eigenvalue weighted by molar-refractivity contribution is 0.367. The van der Waals surface area contributed by atoms with Crippen LogP contribution in [0.3, 0.4) is 0 Å². The summed E-state index contributed by atoms with van der Waals surface area (Å²) in [5.41, 5.74) is 1.32. The predicted molar refractivity (Wildman–Crippen MR) is 83.6 cm³/mol. The van der Waals surface area contributed by atoms with Gasteiger partial charge in [-0.1, -0.05) is 12.8 Å². The topological polar surface area (TPSA) is 24.5 Å². The van der Waals surface area contributed by atoms with E-state index in [9.17, 15) is 0 Å². The molecule has 3 rings (SSSR count). The molecule has 110 valence electrons. The first-order chi connectivity index (χ1) is 9.85. The molecule has 0 amide bonds. The molecule has 0 spiro atoms. The summed E-state index contributed by atoms with van der Waals surface area (Å²) in [6.07, 6.45) is 8.15. The molecule has 1 saturated carbocycles. The fraction of sp³-hybridized carbons (Fsp3) is 0.647. The van der Waals surface area contributed by atoms with Gasteiger partial charge in [0.05, 0.1) is 7.11 Å². The molecule has 2 fully saturated rings. The van der Waals surface area contributed by atoms with Crippen LogP contribution in [-0.4, -0.2) is 32.3 Å². The van der Waals surface area contributed by atoms with Gasteiger partial charge in [-0.05, 0) is 49.9 Å². The molecule has 1 heterocycles. The third kappa shape index (κ3) is 3.26. The molecule has 20 heavy (non-hydrogen) atoms. The Bertz CT molecular complexity index is 404. The number of piperidine rings is 1. The summed E-state index contributed by atoms with van der Waals surface area (Å²) in [5.74, 6) is 0.937. The summed E-state index contributed by atoms with van der Waals surface area (Å²) in [6.45, 7) is 2.33. The summed E-state index contributed by atoms with van der Waals surface area (Å²) in [6, 6.07) is 9.98. The second-order valence-electron chi connectivity index (χ2n) is 6.11. The number of hydrogen-bond donors (Lipinski definition) is 1. The Balaban J connectivity index is 1.49. The van der Waals surface area contributed by atoms with Gasteiger partial charge in [0.25, 0.3) is 0 Å². The van der Waals surface area contributed by atoms with E-state index >= 15 is 0 Å². The van der Waals surface area contributed by atoms with E-state index in [1.165, 1.54) is 44.2 Å². The molecule has 0 radical (unpaired) electrons. The maximum Gasteiger partial charge on any atom is 0.119 e. The zero-order chi connectivity index (χ0) is 13.8. The van der Waals surface area contributed by atoms with Crippen LogP contribution in [0.15, 0.2) is 24.3 Å². The van der Waals surface area contributed by atoms with Gasteiger partial charge in [0.2, 0.25) is 0 Å². The van der Waals surface area contributed by atoms with E-state index in [0.29, 0.717) is 0 Å². The summed E-state index contributed by atoms with van der Waals surface area (Å²) in [4.78, 5) is 2.49. The molecule has 3 nitrogen and oxygen atoms in total. The number of ether oxygens (including phenoxy) is 1. The minimum Gasteiger partial charge on any atom is -0.497 e. The fourth-order valence-electron chi connectivity index (χ4n) is 3.52. The lowest BCUT2D eigenvalue weighted by Gasteiger charge is -2.35. The van der Waals surface area contributed by atoms with E-state index in [1.807, 2.05) is 0 Å². The van der Waals surface area contributed by atoms with Crippen molar-refractivity contribution < 1.29 is 4.74 Å². The van der Waals surface area contributed by atoms with Gasteiger partial charge in [0, 0.05) is 30.9 Å². The van der Waals surface area contributed by atoms with Gasteiger partial charge in [-0.3, -0.25) is 0 Å². The maximum atomic E-state index is 5.22. The van der Waals surface area contributed by atoms with Crippen LogP contribution < -0.4 is 15.0 Å². The molecular weight excluding hydrogens is 248 g/mol. The molecule has 3 heteroatoms. The van der Waals surface area contributed by atoms with Gasteiger partial charge < -0.3 is 15.0 Å². The summed E-state index contributed by atoms with van der Waals surface area (Å²) < 4.78 is 5.22. The van der Waals surface area contributed by atoms with Crippen molar-refractivity contribution in [1.29, 1.82) is 0 Å². The Hall–Kier alpha value is -1.22. The lowest BCUT2D eigenvalue weighted by atomic mass is 10.0. The molecule has 1 aliphatic carbocycles. The van der Waals surface area contributed by atoms with E-state index in [1.54, 1.807) is 7.11 Å². The molecular formula is C17H26N2O. The van der Waals surface area contributed by atoms with E-state index in [2.05, 4.69) is 34.5 Å². The largest absolute Gasteiger partial charge is 0.497 e. The number of hydrogen-bond acceptors (Lipinski definition) is 3. The minimum absolute atomic E-state index is 0.729. The van der Waals surface area contributed by atoms with Crippen LogP contribution in [0.5, 0.6) is 5.75 Å². The van der Waals surface area contributed by atoms with Gasteiger partial charge in [-0.2, -0.15) is 0 Å². The molecule has 1 aromatic rings. The molecule has 0 unspecified atom stereocenters. The first-order valence-corrected chi connectivity index (χ1v) is 8.00. The van der Waals surface area contributed by atoms with E-state index in [4.69, 9.17) is 4.74 Å². The third-order valence-corrected chi connectivity index (χ3v) is 4.76. The second kappa shape index (κ2) is 6.49. The highest BCUT2D eigenvalue weighted by Crippen LogP contribution is 2.24. The van der Waals surface area contributed by atoms with Crippen LogP contribution in [0.25, 0.3) is 0 Å². The highest BCUT2D eigenvalue weighted by molar-refractivity contribution is 5.49. The third-order valence-electron chi connectivity index (χ3n) is 4.76. The van der Waals surface area contributed by atoms with Crippen LogP contribution in [0.4, 0.5) is 5.69 Å². The van der Waals surface area contributed by atoms with Gasteiger partial charge >= 0.3 is 0 Å². The van der Waals surface area contributed by atoms with E-state index < -0.39 is 0 Å². The molecule has 0 atom stereocenters. The monoisotopic (exact) mass is 274 g/mol. The minimum atomic E-state index is 0.729. The van der Waals surface area contributed by atoms with Crippen LogP contribution in [-0.2, 0) is 0 Å². The standard InChI is InChI=1S/C17H26N2O/c1-20-17-8-6-16(7-9-17)19-12-10-15(11-13-19)18-14-4-2-3-5-14/h6-9,14-15,18H,2-5,10-13H2,1H3. The van der Waals surface area contributed by atoms with Gasteiger partial charge in [0.15, 0.2) is 0 Å². The van der Waals surface area contributed by atoms with Crippen molar-refractivity contribution in [1.82, 2.24) is 5.32 Å². The SMILES string of the molecule is COc1ccc(N2CCC(NC3CCCC3)CC2)cc1. The number of methoxy groups -OCH3 is 1. The smallest absolute Gasteiger partial charge is 0.119 e. The number of anilines is 1. The Labute approximate surface area is 122 Å². The quantitative estimate of drug-likeness (QED) is 0.912. The molecule has 0 bridgehead atoms. The molecule has 2 aliphatic rings. The van der Waals surface area contributed by atoms with Gasteiger partial charge in [0.1, 0.15) is 5.75 Å². The van der Waals surface area contributed by atoms with Crippen molar-refractivity contribution in [3.05, 3.63) is 24.3 Å². The summed E-state index contributed by atoms with van der Waals surface area (Å²) in [5, 5.41) is 3.86. The first-order valence-electron chi connectivity index (χ1n) is 8.00. The Morgan fingerprint density at radius 1 is 0.950 bits per heavy atom. The fourth-order valence-corrected chi connectivity index (χ4v) is 3.52. The number of nitrogens with zero attached hydrogens (tertiary/aromatic N) is 1. The molecule has 1 N–H and O–H groups in total. The number of benzene rings is 1. The van der Waals surface area contributed by atoms with Crippen molar-refractivity contribution in [3.63, 3.8) is 0 Å². The highest BCUT2D eigenvalue weighted by atomic mass is 16.5. The molecule has 1 saturated heterocycles. The molecule has 1 aliphatic heterocycles. The summed E-state index contributed by atoms with van der Waals surface area (Å²) in [7, 11) is 1.72. The van der Waals surface area contributed by atoms with E-state index in [0.717, 1.165) is 30.9 Å². The second-order valence-corrected chi connectivity index (χ2v) is 6.11. The van der Waals surface area contributed by atoms with Crippen molar-refractivity contribution in [2.24, 2.45) is 0 Å². The predicted octanol–water partition coefficient (Wildman–Crippen LogP) is 3.20. The van der Waals surface area contributed by atoms with Crippen LogP contribution in [0.2, 0.25) is 0 Å². The zero-order valence-corrected chi connectivity index (χ0v) is 12.5. The number of nitrogens with one attached hydrogen (secondary N) is 1. The zero-order valence-electron chi connectivity index (χ0n) is 12.5. The highest BCUT2D eigenvalue weighted by Gasteiger charge is 2.23. The lowest BCUT2D eigenvalue weighted by Crippen LogP contribution is -2.45. The Kier molecular flexibility index (Phi) is 4.46. The van der Waals surface area contributed by atoms with Crippen LogP contribution in [0.1, 0.15) is 38.5 Å². The summed E-state index contributed by atoms with van der Waals surface area (Å²) >= 11 is 0. The van der Waals surface area contributed by atoms with Gasteiger partial charge in [-0.25, -0.2) is 0 Å². The normalized spacial score (nSPS) is 21.4. The van der Waals surface area contributed by atoms with Crippen molar-refractivity contribution in [2.45, 2.75) is 50.6 Å². The molecule has 1 aromatic carbocycles. The van der Waals surface area contributed by atoms with Crippen molar-refractivity contribution in [2.75, 3.05) is 25.1 Å². The Morgan fingerprint density at radius 2 is 1.55 bits per heavy atom. The van der Waals surface area contributed by atoms with Crippen LogP contribution >= 0.6 is 0 Å². The van der Waals surface area contributed by atoms with E-state index in [-0.39, 0.29) is 0 Å².